The minimum atomic E-state index is 0.124. The lowest BCUT2D eigenvalue weighted by atomic mass is 9.63. The molecule has 1 aliphatic rings. The number of fused-ring (bicyclic) bond motifs is 5. The molecule has 3 aromatic rings. The average Bonchev–Trinajstić information content (AvgIpc) is 2.64. The number of hydrogen-bond donors (Lipinski definition) is 0. The Kier molecular flexibility index (Phi) is 4.84. The van der Waals surface area contributed by atoms with E-state index in [-0.39, 0.29) is 10.8 Å². The van der Waals surface area contributed by atoms with Gasteiger partial charge in [0.2, 0.25) is 0 Å². The fourth-order valence-electron chi connectivity index (χ4n) is 5.53. The Hall–Kier alpha value is -1.82. The summed E-state index contributed by atoms with van der Waals surface area (Å²) in [5.74, 6) is 2.11. The van der Waals surface area contributed by atoms with Gasteiger partial charge in [0.1, 0.15) is 0 Å². The van der Waals surface area contributed by atoms with Crippen LogP contribution in [0.3, 0.4) is 0 Å². The third kappa shape index (κ3) is 3.49. The Balaban J connectivity index is 2.13. The standard InChI is InChI=1S/C29H38/c1-18(2)20-15-24-22(25(17-20)28(3,4)5)13-14-23-21-12-10-9-11-19(21)16-26(27(23)24)29(6,7)8/h9-14,16,18,20,25H,15,17H2,1-8H3. The van der Waals surface area contributed by atoms with Crippen LogP contribution in [0.15, 0.2) is 42.5 Å². The van der Waals surface area contributed by atoms with E-state index >= 15 is 0 Å². The smallest absolute Gasteiger partial charge is 0.00995 e. The van der Waals surface area contributed by atoms with Gasteiger partial charge < -0.3 is 0 Å². The monoisotopic (exact) mass is 386 g/mol. The predicted octanol–water partition coefficient (Wildman–Crippen LogP) is 8.64. The van der Waals surface area contributed by atoms with Gasteiger partial charge in [0.15, 0.2) is 0 Å². The van der Waals surface area contributed by atoms with Gasteiger partial charge in [0.05, 0.1) is 0 Å². The van der Waals surface area contributed by atoms with Crippen LogP contribution < -0.4 is 0 Å². The molecule has 0 heteroatoms. The molecule has 0 fully saturated rings. The fourth-order valence-corrected chi connectivity index (χ4v) is 5.53. The molecule has 0 N–H and O–H groups in total. The molecule has 0 radical (unpaired) electrons. The van der Waals surface area contributed by atoms with Gasteiger partial charge in [0.25, 0.3) is 0 Å². The SMILES string of the molecule is CC(C)C1Cc2c(ccc3c2c(C(C)(C)C)cc2ccccc23)C(C(C)(C)C)C1. The zero-order chi connectivity index (χ0) is 21.1. The van der Waals surface area contributed by atoms with E-state index in [1.807, 2.05) is 0 Å². The predicted molar refractivity (Wildman–Crippen MR) is 129 cm³/mol. The molecule has 0 heterocycles. The van der Waals surface area contributed by atoms with Gasteiger partial charge in [-0.05, 0) is 85.7 Å². The van der Waals surface area contributed by atoms with Gasteiger partial charge >= 0.3 is 0 Å². The molecule has 0 amide bonds. The van der Waals surface area contributed by atoms with E-state index in [2.05, 4.69) is 97.9 Å². The van der Waals surface area contributed by atoms with Gasteiger partial charge in [0, 0.05) is 0 Å². The third-order valence-electron chi connectivity index (χ3n) is 7.35. The Morgan fingerprint density at radius 1 is 0.862 bits per heavy atom. The van der Waals surface area contributed by atoms with E-state index in [1.165, 1.54) is 34.6 Å². The first-order chi connectivity index (χ1) is 13.5. The van der Waals surface area contributed by atoms with Crippen LogP contribution in [0.2, 0.25) is 0 Å². The van der Waals surface area contributed by atoms with Crippen molar-refractivity contribution in [3.05, 3.63) is 59.2 Å². The summed E-state index contributed by atoms with van der Waals surface area (Å²) >= 11 is 0. The zero-order valence-corrected chi connectivity index (χ0v) is 19.7. The summed E-state index contributed by atoms with van der Waals surface area (Å²) in [6.45, 7) is 19.2. The lowest BCUT2D eigenvalue weighted by Gasteiger charge is -2.42. The van der Waals surface area contributed by atoms with E-state index in [0.717, 1.165) is 11.8 Å². The lowest BCUT2D eigenvalue weighted by Crippen LogP contribution is -2.30. The highest BCUT2D eigenvalue weighted by Gasteiger charge is 2.37. The fraction of sp³-hybridized carbons (Fsp3) is 0.517. The highest BCUT2D eigenvalue weighted by Crippen LogP contribution is 2.50. The number of hydrogen-bond acceptors (Lipinski definition) is 0. The molecule has 0 nitrogen and oxygen atoms in total. The van der Waals surface area contributed by atoms with Gasteiger partial charge in [-0.1, -0.05) is 91.8 Å². The molecule has 3 aromatic carbocycles. The summed E-state index contributed by atoms with van der Waals surface area (Å²) in [6, 6.07) is 16.3. The molecule has 1 aliphatic carbocycles. The maximum atomic E-state index is 2.48. The van der Waals surface area contributed by atoms with Crippen LogP contribution >= 0.6 is 0 Å². The molecule has 0 spiro atoms. The lowest BCUT2D eigenvalue weighted by molar-refractivity contribution is 0.219. The van der Waals surface area contributed by atoms with Crippen LogP contribution in [-0.4, -0.2) is 0 Å². The largest absolute Gasteiger partial charge is 0.0625 e. The summed E-state index contributed by atoms with van der Waals surface area (Å²) in [7, 11) is 0. The second-order valence-electron chi connectivity index (χ2n) is 11.8. The van der Waals surface area contributed by atoms with Crippen molar-refractivity contribution in [3.8, 4) is 0 Å². The van der Waals surface area contributed by atoms with Crippen LogP contribution in [0.4, 0.5) is 0 Å². The minimum absolute atomic E-state index is 0.124. The van der Waals surface area contributed by atoms with Crippen molar-refractivity contribution >= 4 is 21.5 Å². The zero-order valence-electron chi connectivity index (χ0n) is 19.7. The van der Waals surface area contributed by atoms with Crippen LogP contribution in [-0.2, 0) is 11.8 Å². The van der Waals surface area contributed by atoms with E-state index in [4.69, 9.17) is 0 Å². The first kappa shape index (κ1) is 20.5. The van der Waals surface area contributed by atoms with Gasteiger partial charge in [-0.3, -0.25) is 0 Å². The Labute approximate surface area is 177 Å². The van der Waals surface area contributed by atoms with Gasteiger partial charge in [-0.25, -0.2) is 0 Å². The summed E-state index contributed by atoms with van der Waals surface area (Å²) in [4.78, 5) is 0. The summed E-state index contributed by atoms with van der Waals surface area (Å²) < 4.78 is 0. The summed E-state index contributed by atoms with van der Waals surface area (Å²) in [5, 5.41) is 5.77. The van der Waals surface area contributed by atoms with E-state index < -0.39 is 0 Å². The van der Waals surface area contributed by atoms with Crippen LogP contribution in [0.25, 0.3) is 21.5 Å². The number of benzene rings is 3. The second kappa shape index (κ2) is 6.86. The molecule has 0 aromatic heterocycles. The normalized spacial score (nSPS) is 20.4. The quantitative estimate of drug-likeness (QED) is 0.367. The first-order valence-electron chi connectivity index (χ1n) is 11.5. The van der Waals surface area contributed by atoms with Crippen molar-refractivity contribution in [2.24, 2.45) is 17.3 Å². The highest BCUT2D eigenvalue weighted by atomic mass is 14.4. The van der Waals surface area contributed by atoms with Crippen LogP contribution in [0, 0.1) is 17.3 Å². The Morgan fingerprint density at radius 2 is 1.55 bits per heavy atom. The van der Waals surface area contributed by atoms with Crippen molar-refractivity contribution < 1.29 is 0 Å². The molecular formula is C29H38. The molecule has 0 saturated carbocycles. The molecule has 154 valence electrons. The topological polar surface area (TPSA) is 0 Å². The highest BCUT2D eigenvalue weighted by molar-refractivity contribution is 6.10. The van der Waals surface area contributed by atoms with Crippen LogP contribution in [0.1, 0.15) is 84.4 Å². The summed E-state index contributed by atoms with van der Waals surface area (Å²) in [5.41, 5.74) is 5.18. The van der Waals surface area contributed by atoms with E-state index in [0.29, 0.717) is 5.92 Å². The maximum Gasteiger partial charge on any atom is -0.00995 e. The van der Waals surface area contributed by atoms with Crippen molar-refractivity contribution in [3.63, 3.8) is 0 Å². The van der Waals surface area contributed by atoms with Gasteiger partial charge in [-0.2, -0.15) is 0 Å². The van der Waals surface area contributed by atoms with E-state index in [1.54, 1.807) is 16.5 Å². The Bertz CT molecular complexity index is 1050. The van der Waals surface area contributed by atoms with E-state index in [9.17, 15) is 0 Å². The third-order valence-corrected chi connectivity index (χ3v) is 7.35. The second-order valence-corrected chi connectivity index (χ2v) is 11.8. The molecule has 0 aliphatic heterocycles. The average molecular weight is 387 g/mol. The number of rotatable bonds is 1. The molecule has 29 heavy (non-hydrogen) atoms. The molecular weight excluding hydrogens is 348 g/mol. The van der Waals surface area contributed by atoms with Crippen molar-refractivity contribution in [1.82, 2.24) is 0 Å². The molecule has 0 saturated heterocycles. The molecule has 2 unspecified atom stereocenters. The van der Waals surface area contributed by atoms with Crippen molar-refractivity contribution in [2.75, 3.05) is 0 Å². The molecule has 0 bridgehead atoms. The Morgan fingerprint density at radius 3 is 2.17 bits per heavy atom. The first-order valence-corrected chi connectivity index (χ1v) is 11.5. The molecule has 4 rings (SSSR count). The van der Waals surface area contributed by atoms with Crippen LogP contribution in [0.5, 0.6) is 0 Å². The van der Waals surface area contributed by atoms with Crippen molar-refractivity contribution in [2.45, 2.75) is 79.6 Å². The minimum Gasteiger partial charge on any atom is -0.0625 e. The van der Waals surface area contributed by atoms with Crippen molar-refractivity contribution in [1.29, 1.82) is 0 Å². The van der Waals surface area contributed by atoms with Gasteiger partial charge in [-0.15, -0.1) is 0 Å². The molecule has 2 atom stereocenters. The maximum absolute atomic E-state index is 2.48. The summed E-state index contributed by atoms with van der Waals surface area (Å²) in [6.07, 6.45) is 2.54.